The van der Waals surface area contributed by atoms with Crippen molar-refractivity contribution in [2.24, 2.45) is 28.6 Å². The summed E-state index contributed by atoms with van der Waals surface area (Å²) in [5.74, 6) is 1.33. The third kappa shape index (κ3) is 2.91. The molecule has 0 aromatic heterocycles. The number of amides is 1. The number of nitrogens with one attached hydrogen (secondary N) is 1. The van der Waals surface area contributed by atoms with Crippen LogP contribution in [0.15, 0.2) is 18.2 Å². The first-order valence-electron chi connectivity index (χ1n) is 11.7. The Morgan fingerprint density at radius 1 is 1.25 bits per heavy atom. The molecule has 32 heavy (non-hydrogen) atoms. The molecule has 1 aromatic rings. The molecule has 7 fully saturated rings. The Hall–Kier alpha value is -1.93. The zero-order chi connectivity index (χ0) is 22.3. The van der Waals surface area contributed by atoms with Gasteiger partial charge in [-0.2, -0.15) is 12.7 Å². The lowest BCUT2D eigenvalue weighted by atomic mass is 9.25. The molecule has 6 aliphatic carbocycles. The van der Waals surface area contributed by atoms with Crippen molar-refractivity contribution in [3.63, 3.8) is 0 Å². The van der Waals surface area contributed by atoms with E-state index in [0.717, 1.165) is 24.2 Å². The van der Waals surface area contributed by atoms with Crippen LogP contribution in [0.25, 0.3) is 6.08 Å². The summed E-state index contributed by atoms with van der Waals surface area (Å²) in [5.41, 5.74) is 1.06. The van der Waals surface area contributed by atoms with Gasteiger partial charge in [-0.15, -0.1) is 0 Å². The van der Waals surface area contributed by atoms with Crippen LogP contribution >= 0.6 is 0 Å². The standard InChI is InChI=1S/C24H29FN2O4S/c1-2-4-15-7-18(22(28)26-32(29,30)27-5-3-6-27)19(25)8-20(15)31-14-23-9-16-11-24(13-23)12-17(10-23)21(16)24/h2,4,7-8,16-17,21H,3,5-6,9-14H2,1H3,(H,26,28)/b4-2+. The normalized spacial score (nSPS) is 36.9. The molecule has 2 atom stereocenters. The predicted octanol–water partition coefficient (Wildman–Crippen LogP) is 3.74. The fourth-order valence-corrected chi connectivity index (χ4v) is 9.02. The van der Waals surface area contributed by atoms with Gasteiger partial charge in [-0.3, -0.25) is 4.79 Å². The lowest BCUT2D eigenvalue weighted by Crippen LogP contribution is -2.73. The number of allylic oxidation sites excluding steroid dienone is 1. The number of nitrogens with zero attached hydrogens (tertiary/aromatic N) is 1. The summed E-state index contributed by atoms with van der Waals surface area (Å²) in [5, 5.41) is 0. The summed E-state index contributed by atoms with van der Waals surface area (Å²) in [7, 11) is -3.94. The third-order valence-corrected chi connectivity index (χ3v) is 10.3. The molecule has 1 heterocycles. The first-order chi connectivity index (χ1) is 15.2. The first-order valence-corrected chi connectivity index (χ1v) is 13.1. The van der Waals surface area contributed by atoms with E-state index in [0.29, 0.717) is 36.4 Å². The lowest BCUT2D eigenvalue weighted by molar-refractivity contribution is -0.313. The smallest absolute Gasteiger partial charge is 0.304 e. The van der Waals surface area contributed by atoms with Crippen LogP contribution < -0.4 is 9.46 Å². The molecule has 8 rings (SSSR count). The summed E-state index contributed by atoms with van der Waals surface area (Å²) >= 11 is 0. The van der Waals surface area contributed by atoms with Gasteiger partial charge in [0.15, 0.2) is 0 Å². The van der Waals surface area contributed by atoms with Gasteiger partial charge in [-0.1, -0.05) is 12.2 Å². The quantitative estimate of drug-likeness (QED) is 0.673. The van der Waals surface area contributed by atoms with Crippen LogP contribution in [0, 0.1) is 34.4 Å². The molecule has 2 unspecified atom stereocenters. The molecule has 0 radical (unpaired) electrons. The summed E-state index contributed by atoms with van der Waals surface area (Å²) in [4.78, 5) is 12.6. The molecule has 7 aliphatic rings. The van der Waals surface area contributed by atoms with Crippen LogP contribution in [0.1, 0.15) is 61.4 Å². The monoisotopic (exact) mass is 460 g/mol. The van der Waals surface area contributed by atoms with Gasteiger partial charge < -0.3 is 4.74 Å². The van der Waals surface area contributed by atoms with E-state index < -0.39 is 21.9 Å². The summed E-state index contributed by atoms with van der Waals surface area (Å²) in [6, 6.07) is 2.61. The maximum absolute atomic E-state index is 14.9. The first kappa shape index (κ1) is 20.7. The molecular weight excluding hydrogens is 431 g/mol. The minimum atomic E-state index is -3.94. The Kier molecular flexibility index (Phi) is 4.39. The molecule has 172 valence electrons. The molecule has 5 bridgehead atoms. The number of halogens is 1. The Balaban J connectivity index is 1.21. The third-order valence-electron chi connectivity index (χ3n) is 8.78. The summed E-state index contributed by atoms with van der Waals surface area (Å²) in [6.07, 6.45) is 10.7. The van der Waals surface area contributed by atoms with Gasteiger partial charge >= 0.3 is 10.2 Å². The van der Waals surface area contributed by atoms with Crippen molar-refractivity contribution in [1.29, 1.82) is 0 Å². The van der Waals surface area contributed by atoms with Crippen LogP contribution in [-0.2, 0) is 10.2 Å². The number of hydrogen-bond acceptors (Lipinski definition) is 4. The van der Waals surface area contributed by atoms with Crippen LogP contribution in [0.4, 0.5) is 4.39 Å². The van der Waals surface area contributed by atoms with E-state index >= 15 is 0 Å². The maximum atomic E-state index is 14.9. The SMILES string of the molecule is C/C=C/c1cc(C(=O)NS(=O)(=O)N2CCC2)c(F)cc1OCC12CC3CC4(CC(C1)C34)C2. The van der Waals surface area contributed by atoms with E-state index in [2.05, 4.69) is 0 Å². The van der Waals surface area contributed by atoms with Crippen molar-refractivity contribution in [1.82, 2.24) is 9.03 Å². The average molecular weight is 461 g/mol. The van der Waals surface area contributed by atoms with Crippen molar-refractivity contribution >= 4 is 22.2 Å². The van der Waals surface area contributed by atoms with Crippen molar-refractivity contribution in [3.05, 3.63) is 35.2 Å². The molecule has 6 saturated carbocycles. The van der Waals surface area contributed by atoms with Crippen LogP contribution in [0.5, 0.6) is 5.75 Å². The zero-order valence-electron chi connectivity index (χ0n) is 18.3. The van der Waals surface area contributed by atoms with Crippen molar-refractivity contribution in [2.75, 3.05) is 19.7 Å². The molecule has 8 heteroatoms. The van der Waals surface area contributed by atoms with Gasteiger partial charge in [0.1, 0.15) is 11.6 Å². The second-order valence-electron chi connectivity index (χ2n) is 10.7. The Labute approximate surface area is 188 Å². The van der Waals surface area contributed by atoms with Gasteiger partial charge in [-0.25, -0.2) is 9.11 Å². The highest BCUT2D eigenvalue weighted by Crippen LogP contribution is 2.82. The minimum absolute atomic E-state index is 0.200. The summed E-state index contributed by atoms with van der Waals surface area (Å²) < 4.78 is 48.7. The molecule has 1 aromatic carbocycles. The molecule has 1 aliphatic heterocycles. The minimum Gasteiger partial charge on any atom is -0.492 e. The highest BCUT2D eigenvalue weighted by Gasteiger charge is 2.75. The number of hydrogen-bond donors (Lipinski definition) is 1. The fraction of sp³-hybridized carbons (Fsp3) is 0.625. The van der Waals surface area contributed by atoms with Gasteiger partial charge in [0.25, 0.3) is 5.91 Å². The van der Waals surface area contributed by atoms with E-state index in [1.54, 1.807) is 12.2 Å². The van der Waals surface area contributed by atoms with Crippen LogP contribution in [-0.4, -0.2) is 38.3 Å². The average Bonchev–Trinajstić information content (AvgIpc) is 2.64. The summed E-state index contributed by atoms with van der Waals surface area (Å²) in [6.45, 7) is 3.15. The van der Waals surface area contributed by atoms with Gasteiger partial charge in [0.2, 0.25) is 0 Å². The van der Waals surface area contributed by atoms with Crippen molar-refractivity contribution in [3.8, 4) is 5.75 Å². The van der Waals surface area contributed by atoms with E-state index in [1.807, 2.05) is 11.6 Å². The number of carbonyl (C=O) groups is 1. The second kappa shape index (κ2) is 6.79. The molecule has 6 nitrogen and oxygen atoms in total. The molecular formula is C24H29FN2O4S. The van der Waals surface area contributed by atoms with E-state index in [-0.39, 0.29) is 11.0 Å². The van der Waals surface area contributed by atoms with Crippen LogP contribution in [0.3, 0.4) is 0 Å². The van der Waals surface area contributed by atoms with E-state index in [9.17, 15) is 17.6 Å². The zero-order valence-corrected chi connectivity index (χ0v) is 19.1. The molecule has 1 N–H and O–H groups in total. The maximum Gasteiger partial charge on any atom is 0.304 e. The number of ether oxygens (including phenoxy) is 1. The van der Waals surface area contributed by atoms with Crippen molar-refractivity contribution < 1.29 is 22.3 Å². The van der Waals surface area contributed by atoms with E-state index in [4.69, 9.17) is 4.74 Å². The fourth-order valence-electron chi connectivity index (χ4n) is 7.81. The van der Waals surface area contributed by atoms with Gasteiger partial charge in [-0.05, 0) is 74.7 Å². The Bertz CT molecular complexity index is 1110. The van der Waals surface area contributed by atoms with Gasteiger partial charge in [0.05, 0.1) is 12.2 Å². The second-order valence-corrected chi connectivity index (χ2v) is 12.4. The molecule has 1 spiro atoms. The van der Waals surface area contributed by atoms with E-state index in [1.165, 1.54) is 48.5 Å². The largest absolute Gasteiger partial charge is 0.492 e. The number of benzene rings is 1. The lowest BCUT2D eigenvalue weighted by Gasteiger charge is -2.80. The molecule has 1 amide bonds. The van der Waals surface area contributed by atoms with Crippen molar-refractivity contribution in [2.45, 2.75) is 45.4 Å². The number of carbonyl (C=O) groups excluding carboxylic acids is 1. The Morgan fingerprint density at radius 2 is 1.97 bits per heavy atom. The Morgan fingerprint density at radius 3 is 2.56 bits per heavy atom. The highest BCUT2D eigenvalue weighted by molar-refractivity contribution is 7.87. The number of rotatable bonds is 7. The van der Waals surface area contributed by atoms with Crippen LogP contribution in [0.2, 0.25) is 0 Å². The molecule has 1 saturated heterocycles. The topological polar surface area (TPSA) is 75.7 Å². The van der Waals surface area contributed by atoms with Gasteiger partial charge in [0, 0.05) is 30.1 Å². The predicted molar refractivity (Wildman–Crippen MR) is 118 cm³/mol. The highest BCUT2D eigenvalue weighted by atomic mass is 32.2.